The molecule has 2 aromatic rings. The maximum Gasteiger partial charge on any atom is 0.262 e. The molecule has 0 atom stereocenters. The first kappa shape index (κ1) is 19.9. The van der Waals surface area contributed by atoms with Crippen LogP contribution in [-0.4, -0.2) is 29.2 Å². The number of sulfonamides is 2. The number of aliphatic imine (C=N–C) groups is 1. The van der Waals surface area contributed by atoms with E-state index in [2.05, 4.69) is 14.4 Å². The van der Waals surface area contributed by atoms with Gasteiger partial charge in [-0.1, -0.05) is 29.3 Å². The first-order valence-electron chi connectivity index (χ1n) is 7.81. The molecule has 0 saturated carbocycles. The molecule has 0 radical (unpaired) electrons. The summed E-state index contributed by atoms with van der Waals surface area (Å²) in [6, 6.07) is 9.37. The highest BCUT2D eigenvalue weighted by Crippen LogP contribution is 2.25. The molecule has 11 heteroatoms. The smallest absolute Gasteiger partial charge is 0.262 e. The lowest BCUT2D eigenvalue weighted by Gasteiger charge is -2.11. The average Bonchev–Trinajstić information content (AvgIpc) is 3.06. The molecule has 0 bridgehead atoms. The maximum absolute atomic E-state index is 12.5. The fourth-order valence-electron chi connectivity index (χ4n) is 2.46. The van der Waals surface area contributed by atoms with Crippen LogP contribution in [0.3, 0.4) is 0 Å². The quantitative estimate of drug-likeness (QED) is 0.733. The highest BCUT2D eigenvalue weighted by atomic mass is 35.5. The van der Waals surface area contributed by atoms with Crippen LogP contribution in [0.1, 0.15) is 12.8 Å². The first-order chi connectivity index (χ1) is 12.7. The fourth-order valence-corrected chi connectivity index (χ4v) is 5.37. The SMILES string of the molecule is O=S(=O)(NC1=NCCC1)c1cccc(NS(=O)(=O)c2cc(Cl)cc(Cl)c2)c1. The number of hydrogen-bond acceptors (Lipinski definition) is 5. The van der Waals surface area contributed by atoms with Crippen molar-refractivity contribution < 1.29 is 16.8 Å². The lowest BCUT2D eigenvalue weighted by Crippen LogP contribution is -2.29. The Kier molecular flexibility index (Phi) is 5.66. The lowest BCUT2D eigenvalue weighted by atomic mass is 10.3. The van der Waals surface area contributed by atoms with Crippen molar-refractivity contribution in [2.75, 3.05) is 11.3 Å². The highest BCUT2D eigenvalue weighted by molar-refractivity contribution is 7.92. The Morgan fingerprint density at radius 3 is 2.15 bits per heavy atom. The van der Waals surface area contributed by atoms with Crippen LogP contribution >= 0.6 is 23.2 Å². The van der Waals surface area contributed by atoms with E-state index in [0.29, 0.717) is 18.8 Å². The van der Waals surface area contributed by atoms with Crippen molar-refractivity contribution in [3.05, 3.63) is 52.5 Å². The fraction of sp³-hybridized carbons (Fsp3) is 0.188. The predicted octanol–water partition coefficient (Wildman–Crippen LogP) is 3.26. The van der Waals surface area contributed by atoms with Gasteiger partial charge in [-0.05, 0) is 42.8 Å². The summed E-state index contributed by atoms with van der Waals surface area (Å²) in [6.07, 6.45) is 1.35. The Labute approximate surface area is 167 Å². The molecule has 2 N–H and O–H groups in total. The van der Waals surface area contributed by atoms with Crippen molar-refractivity contribution in [2.24, 2.45) is 4.99 Å². The van der Waals surface area contributed by atoms with Gasteiger partial charge in [-0.15, -0.1) is 0 Å². The zero-order chi connectivity index (χ0) is 19.7. The third-order valence-corrected chi connectivity index (χ3v) is 6.85. The summed E-state index contributed by atoms with van der Waals surface area (Å²) in [4.78, 5) is 3.86. The number of halogens is 2. The number of amidine groups is 1. The molecule has 0 fully saturated rings. The second-order valence-corrected chi connectivity index (χ2v) is 10.0. The summed E-state index contributed by atoms with van der Waals surface area (Å²) in [5.74, 6) is 0.398. The molecule has 1 aliphatic rings. The molecule has 0 spiro atoms. The molecule has 144 valence electrons. The normalized spacial score (nSPS) is 14.7. The molecular weight excluding hydrogens is 433 g/mol. The van der Waals surface area contributed by atoms with E-state index in [1.807, 2.05) is 0 Å². The van der Waals surface area contributed by atoms with Gasteiger partial charge in [0.25, 0.3) is 20.0 Å². The molecule has 0 aromatic heterocycles. The molecule has 0 amide bonds. The average molecular weight is 448 g/mol. The molecular formula is C16H15Cl2N3O4S2. The van der Waals surface area contributed by atoms with E-state index in [0.717, 1.165) is 6.42 Å². The van der Waals surface area contributed by atoms with Crippen molar-refractivity contribution in [3.63, 3.8) is 0 Å². The van der Waals surface area contributed by atoms with Gasteiger partial charge in [0.1, 0.15) is 5.84 Å². The summed E-state index contributed by atoms with van der Waals surface area (Å²) < 4.78 is 54.7. The summed E-state index contributed by atoms with van der Waals surface area (Å²) in [5, 5.41) is 0.335. The number of nitrogens with zero attached hydrogens (tertiary/aromatic N) is 1. The summed E-state index contributed by atoms with van der Waals surface area (Å²) >= 11 is 11.7. The summed E-state index contributed by atoms with van der Waals surface area (Å²) in [5.41, 5.74) is 0.0855. The summed E-state index contributed by atoms with van der Waals surface area (Å²) in [6.45, 7) is 0.583. The van der Waals surface area contributed by atoms with Crippen LogP contribution in [0, 0.1) is 0 Å². The monoisotopic (exact) mass is 447 g/mol. The van der Waals surface area contributed by atoms with E-state index in [1.54, 1.807) is 0 Å². The van der Waals surface area contributed by atoms with Gasteiger partial charge >= 0.3 is 0 Å². The lowest BCUT2D eigenvalue weighted by molar-refractivity contribution is 0.591. The minimum absolute atomic E-state index is 0.0820. The van der Waals surface area contributed by atoms with E-state index >= 15 is 0 Å². The van der Waals surface area contributed by atoms with Gasteiger partial charge < -0.3 is 0 Å². The van der Waals surface area contributed by atoms with Crippen LogP contribution in [0.2, 0.25) is 10.0 Å². The Balaban J connectivity index is 1.87. The van der Waals surface area contributed by atoms with Crippen LogP contribution in [-0.2, 0) is 20.0 Å². The van der Waals surface area contributed by atoms with E-state index < -0.39 is 20.0 Å². The van der Waals surface area contributed by atoms with Gasteiger partial charge in [0.15, 0.2) is 0 Å². The van der Waals surface area contributed by atoms with E-state index in [9.17, 15) is 16.8 Å². The van der Waals surface area contributed by atoms with Crippen molar-refractivity contribution >= 4 is 54.8 Å². The van der Waals surface area contributed by atoms with Crippen LogP contribution < -0.4 is 9.44 Å². The third kappa shape index (κ3) is 4.92. The van der Waals surface area contributed by atoms with Gasteiger partial charge in [0.05, 0.1) is 15.5 Å². The predicted molar refractivity (Wildman–Crippen MR) is 106 cm³/mol. The van der Waals surface area contributed by atoms with Crippen LogP contribution in [0.25, 0.3) is 0 Å². The van der Waals surface area contributed by atoms with Crippen LogP contribution in [0.15, 0.2) is 57.2 Å². The second kappa shape index (κ2) is 7.67. The first-order valence-corrected chi connectivity index (χ1v) is 11.5. The highest BCUT2D eigenvalue weighted by Gasteiger charge is 2.20. The van der Waals surface area contributed by atoms with Crippen molar-refractivity contribution in [1.82, 2.24) is 4.72 Å². The number of hydrogen-bond donors (Lipinski definition) is 2. The van der Waals surface area contributed by atoms with Gasteiger partial charge in [-0.25, -0.2) is 16.8 Å². The van der Waals surface area contributed by atoms with Gasteiger partial charge in [0, 0.05) is 23.0 Å². The molecule has 1 aliphatic heterocycles. The minimum Gasteiger partial charge on any atom is -0.280 e. The van der Waals surface area contributed by atoms with Crippen molar-refractivity contribution in [1.29, 1.82) is 0 Å². The third-order valence-electron chi connectivity index (χ3n) is 3.67. The zero-order valence-corrected chi connectivity index (χ0v) is 17.0. The molecule has 0 aliphatic carbocycles. The topological polar surface area (TPSA) is 105 Å². The van der Waals surface area contributed by atoms with E-state index in [4.69, 9.17) is 23.2 Å². The number of nitrogens with one attached hydrogen (secondary N) is 2. The van der Waals surface area contributed by atoms with Gasteiger partial charge in [-0.3, -0.25) is 14.4 Å². The number of rotatable bonds is 5. The Morgan fingerprint density at radius 1 is 0.852 bits per heavy atom. The summed E-state index contributed by atoms with van der Waals surface area (Å²) in [7, 11) is -7.86. The van der Waals surface area contributed by atoms with E-state index in [1.165, 1.54) is 42.5 Å². The van der Waals surface area contributed by atoms with Gasteiger partial charge in [0.2, 0.25) is 0 Å². The molecule has 3 rings (SSSR count). The van der Waals surface area contributed by atoms with Crippen molar-refractivity contribution in [3.8, 4) is 0 Å². The Morgan fingerprint density at radius 2 is 1.52 bits per heavy atom. The molecule has 0 saturated heterocycles. The Hall–Kier alpha value is -1.81. The molecule has 7 nitrogen and oxygen atoms in total. The second-order valence-electron chi connectivity index (χ2n) is 5.78. The van der Waals surface area contributed by atoms with E-state index in [-0.39, 0.29) is 25.5 Å². The zero-order valence-electron chi connectivity index (χ0n) is 13.8. The maximum atomic E-state index is 12.5. The molecule has 27 heavy (non-hydrogen) atoms. The van der Waals surface area contributed by atoms with Crippen LogP contribution in [0.5, 0.6) is 0 Å². The Bertz CT molecular complexity index is 1100. The number of benzene rings is 2. The standard InChI is InChI=1S/C16H15Cl2N3O4S2/c17-11-7-12(18)9-15(8-11)27(24,25)20-13-3-1-4-14(10-13)26(22,23)21-16-5-2-6-19-16/h1,3-4,7-10,20H,2,5-6H2,(H,19,21). The van der Waals surface area contributed by atoms with Gasteiger partial charge in [-0.2, -0.15) is 0 Å². The molecule has 0 unspecified atom stereocenters. The minimum atomic E-state index is -4.00. The van der Waals surface area contributed by atoms with Crippen molar-refractivity contribution in [2.45, 2.75) is 22.6 Å². The molecule has 2 aromatic carbocycles. The largest absolute Gasteiger partial charge is 0.280 e. The number of anilines is 1. The van der Waals surface area contributed by atoms with Crippen LogP contribution in [0.4, 0.5) is 5.69 Å². The molecule has 1 heterocycles.